The summed E-state index contributed by atoms with van der Waals surface area (Å²) in [6.45, 7) is 0.772. The Kier molecular flexibility index (Phi) is 3.50. The topological polar surface area (TPSA) is 102 Å². The molecule has 2 fully saturated rings. The second-order valence-electron chi connectivity index (χ2n) is 5.77. The lowest BCUT2D eigenvalue weighted by Gasteiger charge is -2.22. The van der Waals surface area contributed by atoms with Gasteiger partial charge in [0.2, 0.25) is 0 Å². The number of nitrogens with two attached hydrogens (primary N) is 1. The van der Waals surface area contributed by atoms with E-state index in [9.17, 15) is 14.9 Å². The normalized spacial score (nSPS) is 17.4. The number of nitrogen functional groups attached to an aromatic ring is 1. The average Bonchev–Trinajstić information content (AvgIpc) is 3.36. The number of anilines is 1. The predicted octanol–water partition coefficient (Wildman–Crippen LogP) is 1.90. The zero-order valence-corrected chi connectivity index (χ0v) is 11.6. The van der Waals surface area contributed by atoms with E-state index in [0.717, 1.165) is 19.4 Å². The first-order valence-corrected chi connectivity index (χ1v) is 7.16. The fraction of sp³-hybridized carbons (Fsp3) is 0.500. The van der Waals surface area contributed by atoms with Crippen molar-refractivity contribution in [1.29, 1.82) is 0 Å². The van der Waals surface area contributed by atoms with E-state index in [0.29, 0.717) is 17.5 Å². The Morgan fingerprint density at radius 2 is 2.10 bits per heavy atom. The zero-order valence-electron chi connectivity index (χ0n) is 11.6. The summed E-state index contributed by atoms with van der Waals surface area (Å²) in [5.74, 6) is 5.75. The van der Waals surface area contributed by atoms with Crippen molar-refractivity contribution in [2.24, 2.45) is 11.8 Å². The minimum absolute atomic E-state index is 0.115. The SMILES string of the molecule is NNc1ccc(C(=O)N(CC2CC2)C2CC2)cc1[N+](=O)[O-]. The van der Waals surface area contributed by atoms with E-state index in [1.54, 1.807) is 6.07 Å². The van der Waals surface area contributed by atoms with Gasteiger partial charge in [0.15, 0.2) is 0 Å². The quantitative estimate of drug-likeness (QED) is 0.473. The van der Waals surface area contributed by atoms with Crippen molar-refractivity contribution >= 4 is 17.3 Å². The highest BCUT2D eigenvalue weighted by atomic mass is 16.6. The van der Waals surface area contributed by atoms with Gasteiger partial charge in [0, 0.05) is 24.2 Å². The van der Waals surface area contributed by atoms with Crippen molar-refractivity contribution in [3.8, 4) is 0 Å². The molecule has 3 rings (SSSR count). The molecule has 2 aliphatic carbocycles. The summed E-state index contributed by atoms with van der Waals surface area (Å²) in [7, 11) is 0. The highest BCUT2D eigenvalue weighted by Crippen LogP contribution is 2.36. The van der Waals surface area contributed by atoms with Crippen molar-refractivity contribution in [2.75, 3.05) is 12.0 Å². The second-order valence-corrected chi connectivity index (χ2v) is 5.77. The molecule has 0 radical (unpaired) electrons. The lowest BCUT2D eigenvalue weighted by atomic mass is 10.1. The molecule has 1 amide bonds. The summed E-state index contributed by atoms with van der Waals surface area (Å²) in [6, 6.07) is 4.68. The maximum Gasteiger partial charge on any atom is 0.294 e. The van der Waals surface area contributed by atoms with E-state index in [2.05, 4.69) is 5.43 Å². The molecule has 1 aromatic rings. The monoisotopic (exact) mass is 290 g/mol. The Labute approximate surface area is 122 Å². The molecular weight excluding hydrogens is 272 g/mol. The van der Waals surface area contributed by atoms with E-state index < -0.39 is 4.92 Å². The van der Waals surface area contributed by atoms with Gasteiger partial charge in [0.05, 0.1) is 4.92 Å². The summed E-state index contributed by atoms with van der Waals surface area (Å²) in [5.41, 5.74) is 2.67. The molecule has 3 N–H and O–H groups in total. The summed E-state index contributed by atoms with van der Waals surface area (Å²) in [6.07, 6.45) is 4.41. The number of nitro groups is 1. The Hall–Kier alpha value is -2.15. The number of hydrogen-bond acceptors (Lipinski definition) is 5. The number of carbonyl (C=O) groups is 1. The molecule has 0 atom stereocenters. The summed E-state index contributed by atoms with van der Waals surface area (Å²) in [4.78, 5) is 25.0. The van der Waals surface area contributed by atoms with Crippen LogP contribution in [0.5, 0.6) is 0 Å². The third-order valence-corrected chi connectivity index (χ3v) is 4.00. The molecule has 21 heavy (non-hydrogen) atoms. The van der Waals surface area contributed by atoms with Crippen molar-refractivity contribution in [3.05, 3.63) is 33.9 Å². The Balaban J connectivity index is 1.85. The molecular formula is C14H18N4O3. The van der Waals surface area contributed by atoms with Crippen LogP contribution in [0.25, 0.3) is 0 Å². The molecule has 112 valence electrons. The lowest BCUT2D eigenvalue weighted by molar-refractivity contribution is -0.384. The maximum atomic E-state index is 12.6. The van der Waals surface area contributed by atoms with Gasteiger partial charge >= 0.3 is 0 Å². The lowest BCUT2D eigenvalue weighted by Crippen LogP contribution is -2.35. The smallest absolute Gasteiger partial charge is 0.294 e. The van der Waals surface area contributed by atoms with Crippen LogP contribution in [0, 0.1) is 16.0 Å². The number of hydrogen-bond donors (Lipinski definition) is 2. The number of nitrogens with zero attached hydrogens (tertiary/aromatic N) is 2. The van der Waals surface area contributed by atoms with Gasteiger partial charge in [0.25, 0.3) is 11.6 Å². The third kappa shape index (κ3) is 2.97. The van der Waals surface area contributed by atoms with Gasteiger partial charge in [-0.3, -0.25) is 20.8 Å². The minimum atomic E-state index is -0.533. The number of rotatable bonds is 6. The molecule has 0 aliphatic heterocycles. The number of nitro benzene ring substituents is 1. The van der Waals surface area contributed by atoms with Crippen LogP contribution in [0.15, 0.2) is 18.2 Å². The average molecular weight is 290 g/mol. The standard InChI is InChI=1S/C14H18N4O3/c15-16-12-6-3-10(7-13(12)18(20)21)14(19)17(11-4-5-11)8-9-1-2-9/h3,6-7,9,11,16H,1-2,4-5,8,15H2. The van der Waals surface area contributed by atoms with Crippen LogP contribution in [-0.4, -0.2) is 28.3 Å². The Morgan fingerprint density at radius 1 is 1.38 bits per heavy atom. The summed E-state index contributed by atoms with van der Waals surface area (Å²) < 4.78 is 0. The van der Waals surface area contributed by atoms with Crippen LogP contribution in [-0.2, 0) is 0 Å². The van der Waals surface area contributed by atoms with Crippen LogP contribution in [0.3, 0.4) is 0 Å². The fourth-order valence-corrected chi connectivity index (χ4v) is 2.47. The largest absolute Gasteiger partial charge is 0.335 e. The van der Waals surface area contributed by atoms with Gasteiger partial charge in [0.1, 0.15) is 5.69 Å². The van der Waals surface area contributed by atoms with Gasteiger partial charge in [-0.05, 0) is 43.7 Å². The number of carbonyl (C=O) groups excluding carboxylic acids is 1. The Bertz CT molecular complexity index is 582. The van der Waals surface area contributed by atoms with Gasteiger partial charge in [-0.2, -0.15) is 0 Å². The van der Waals surface area contributed by atoms with Crippen LogP contribution in [0.2, 0.25) is 0 Å². The van der Waals surface area contributed by atoms with Crippen LogP contribution >= 0.6 is 0 Å². The number of benzene rings is 1. The maximum absolute atomic E-state index is 12.6. The predicted molar refractivity (Wildman–Crippen MR) is 77.7 cm³/mol. The van der Waals surface area contributed by atoms with E-state index in [1.165, 1.54) is 25.0 Å². The van der Waals surface area contributed by atoms with E-state index in [-0.39, 0.29) is 17.3 Å². The number of nitrogens with one attached hydrogen (secondary N) is 1. The summed E-state index contributed by atoms with van der Waals surface area (Å²) >= 11 is 0. The van der Waals surface area contributed by atoms with Gasteiger partial charge < -0.3 is 10.3 Å². The molecule has 2 aliphatic rings. The van der Waals surface area contributed by atoms with Crippen LogP contribution < -0.4 is 11.3 Å². The van der Waals surface area contributed by atoms with E-state index >= 15 is 0 Å². The van der Waals surface area contributed by atoms with Gasteiger partial charge in [-0.25, -0.2) is 0 Å². The fourth-order valence-electron chi connectivity index (χ4n) is 2.47. The first kappa shape index (κ1) is 13.8. The zero-order chi connectivity index (χ0) is 15.0. The molecule has 2 saturated carbocycles. The Morgan fingerprint density at radius 3 is 2.62 bits per heavy atom. The molecule has 0 heterocycles. The number of amides is 1. The third-order valence-electron chi connectivity index (χ3n) is 4.00. The number of hydrazine groups is 1. The van der Waals surface area contributed by atoms with Crippen molar-refractivity contribution in [1.82, 2.24) is 4.90 Å². The molecule has 0 saturated heterocycles. The van der Waals surface area contributed by atoms with Crippen LogP contribution in [0.1, 0.15) is 36.0 Å². The van der Waals surface area contributed by atoms with Gasteiger partial charge in [-0.15, -0.1) is 0 Å². The second kappa shape index (κ2) is 5.33. The van der Waals surface area contributed by atoms with Crippen LogP contribution in [0.4, 0.5) is 11.4 Å². The molecule has 0 aromatic heterocycles. The van der Waals surface area contributed by atoms with Gasteiger partial charge in [-0.1, -0.05) is 0 Å². The molecule has 7 heteroatoms. The highest BCUT2D eigenvalue weighted by Gasteiger charge is 2.37. The van der Waals surface area contributed by atoms with Crippen molar-refractivity contribution in [2.45, 2.75) is 31.7 Å². The minimum Gasteiger partial charge on any atom is -0.335 e. The first-order valence-electron chi connectivity index (χ1n) is 7.16. The van der Waals surface area contributed by atoms with E-state index in [1.807, 2.05) is 4.90 Å². The first-order chi connectivity index (χ1) is 10.1. The highest BCUT2D eigenvalue weighted by molar-refractivity contribution is 5.96. The summed E-state index contributed by atoms with van der Waals surface area (Å²) in [5, 5.41) is 11.0. The molecule has 0 bridgehead atoms. The molecule has 0 spiro atoms. The van der Waals surface area contributed by atoms with Crippen molar-refractivity contribution in [3.63, 3.8) is 0 Å². The van der Waals surface area contributed by atoms with Crippen molar-refractivity contribution < 1.29 is 9.72 Å². The van der Waals surface area contributed by atoms with E-state index in [4.69, 9.17) is 5.84 Å². The molecule has 0 unspecified atom stereocenters. The molecule has 1 aromatic carbocycles. The molecule has 7 nitrogen and oxygen atoms in total.